The molecule has 1 heterocycles. The topological polar surface area (TPSA) is 75.6 Å². The molecular formula is C12H11F2NO4. The van der Waals surface area contributed by atoms with E-state index in [1.54, 1.807) is 0 Å². The van der Waals surface area contributed by atoms with Crippen LogP contribution in [0, 0.1) is 11.6 Å². The Morgan fingerprint density at radius 1 is 1.32 bits per heavy atom. The standard InChI is InChI=1S/C12H11F2NO4/c13-7-4-6(12(17)18)9(5-8(7)14)15-11(16)10-2-1-3-19-10/h4-5,10H,1-3H2,(H,15,16)(H,17,18)/t10-/m0/s1. The van der Waals surface area contributed by atoms with Crippen LogP contribution >= 0.6 is 0 Å². The zero-order valence-corrected chi connectivity index (χ0v) is 9.78. The van der Waals surface area contributed by atoms with Gasteiger partial charge in [0.05, 0.1) is 11.3 Å². The molecule has 1 atom stereocenters. The van der Waals surface area contributed by atoms with Crippen LogP contribution in [0.2, 0.25) is 0 Å². The Labute approximate surface area is 107 Å². The van der Waals surface area contributed by atoms with Crippen LogP contribution in [0.3, 0.4) is 0 Å². The number of halogens is 2. The van der Waals surface area contributed by atoms with Crippen LogP contribution in [-0.4, -0.2) is 29.7 Å². The Hall–Kier alpha value is -2.02. The number of rotatable bonds is 3. The van der Waals surface area contributed by atoms with E-state index in [-0.39, 0.29) is 5.69 Å². The van der Waals surface area contributed by atoms with E-state index in [4.69, 9.17) is 9.84 Å². The lowest BCUT2D eigenvalue weighted by Gasteiger charge is -2.12. The summed E-state index contributed by atoms with van der Waals surface area (Å²) in [7, 11) is 0. The van der Waals surface area contributed by atoms with Gasteiger partial charge in [-0.1, -0.05) is 0 Å². The van der Waals surface area contributed by atoms with Crippen LogP contribution < -0.4 is 5.32 Å². The third-order valence-corrected chi connectivity index (χ3v) is 2.77. The second kappa shape index (κ2) is 5.31. The number of hydrogen-bond acceptors (Lipinski definition) is 3. The fraction of sp³-hybridized carbons (Fsp3) is 0.333. The van der Waals surface area contributed by atoms with Gasteiger partial charge < -0.3 is 15.2 Å². The van der Waals surface area contributed by atoms with E-state index >= 15 is 0 Å². The highest BCUT2D eigenvalue weighted by molar-refractivity contribution is 6.01. The predicted molar refractivity (Wildman–Crippen MR) is 60.9 cm³/mol. The summed E-state index contributed by atoms with van der Waals surface area (Å²) in [4.78, 5) is 22.7. The summed E-state index contributed by atoms with van der Waals surface area (Å²) in [6.45, 7) is 0.446. The minimum atomic E-state index is -1.46. The van der Waals surface area contributed by atoms with E-state index in [0.717, 1.165) is 6.42 Å². The number of carbonyl (C=O) groups is 2. The second-order valence-electron chi connectivity index (χ2n) is 4.11. The van der Waals surface area contributed by atoms with Gasteiger partial charge in [0.15, 0.2) is 11.6 Å². The van der Waals surface area contributed by atoms with E-state index in [2.05, 4.69) is 5.32 Å². The first-order valence-electron chi connectivity index (χ1n) is 5.64. The lowest BCUT2D eigenvalue weighted by atomic mass is 10.1. The summed E-state index contributed by atoms with van der Waals surface area (Å²) < 4.78 is 31.2. The Morgan fingerprint density at radius 2 is 2.00 bits per heavy atom. The highest BCUT2D eigenvalue weighted by Crippen LogP contribution is 2.22. The van der Waals surface area contributed by atoms with Crippen LogP contribution in [0.25, 0.3) is 0 Å². The van der Waals surface area contributed by atoms with Crippen LogP contribution in [0.5, 0.6) is 0 Å². The summed E-state index contributed by atoms with van der Waals surface area (Å²) >= 11 is 0. The smallest absolute Gasteiger partial charge is 0.337 e. The summed E-state index contributed by atoms with van der Waals surface area (Å²) in [5, 5.41) is 11.1. The fourth-order valence-corrected chi connectivity index (χ4v) is 1.82. The van der Waals surface area contributed by atoms with Gasteiger partial charge in [0, 0.05) is 12.7 Å². The first kappa shape index (κ1) is 13.4. The molecule has 0 bridgehead atoms. The molecule has 0 aliphatic carbocycles. The van der Waals surface area contributed by atoms with Crippen LogP contribution in [-0.2, 0) is 9.53 Å². The zero-order chi connectivity index (χ0) is 14.0. The lowest BCUT2D eigenvalue weighted by molar-refractivity contribution is -0.124. The van der Waals surface area contributed by atoms with Gasteiger partial charge >= 0.3 is 5.97 Å². The fourth-order valence-electron chi connectivity index (χ4n) is 1.82. The van der Waals surface area contributed by atoms with Crippen LogP contribution in [0.4, 0.5) is 14.5 Å². The maximum atomic E-state index is 13.1. The molecule has 1 amide bonds. The molecule has 0 aromatic heterocycles. The van der Waals surface area contributed by atoms with Gasteiger partial charge in [0.25, 0.3) is 5.91 Å². The maximum absolute atomic E-state index is 13.1. The Morgan fingerprint density at radius 3 is 2.58 bits per heavy atom. The minimum Gasteiger partial charge on any atom is -0.478 e. The number of amides is 1. The SMILES string of the molecule is O=C(O)c1cc(F)c(F)cc1NC(=O)[C@@H]1CCCO1. The number of benzene rings is 1. The largest absolute Gasteiger partial charge is 0.478 e. The van der Waals surface area contributed by atoms with Crippen molar-refractivity contribution >= 4 is 17.6 Å². The van der Waals surface area contributed by atoms with Crippen molar-refractivity contribution in [3.05, 3.63) is 29.3 Å². The molecule has 1 fully saturated rings. The van der Waals surface area contributed by atoms with Gasteiger partial charge in [-0.2, -0.15) is 0 Å². The number of anilines is 1. The summed E-state index contributed by atoms with van der Waals surface area (Å²) in [5.41, 5.74) is -0.794. The van der Waals surface area contributed by atoms with E-state index in [9.17, 15) is 18.4 Å². The first-order chi connectivity index (χ1) is 8.99. The highest BCUT2D eigenvalue weighted by Gasteiger charge is 2.25. The Balaban J connectivity index is 2.25. The molecule has 0 spiro atoms. The molecule has 102 valence electrons. The second-order valence-corrected chi connectivity index (χ2v) is 4.11. The van der Waals surface area contributed by atoms with E-state index in [0.29, 0.717) is 25.2 Å². The van der Waals surface area contributed by atoms with Gasteiger partial charge in [-0.25, -0.2) is 13.6 Å². The number of carboxylic acid groups (broad SMARTS) is 1. The molecule has 0 radical (unpaired) electrons. The minimum absolute atomic E-state index is 0.285. The van der Waals surface area contributed by atoms with Crippen LogP contribution in [0.15, 0.2) is 12.1 Å². The third-order valence-electron chi connectivity index (χ3n) is 2.77. The molecule has 19 heavy (non-hydrogen) atoms. The number of nitrogens with one attached hydrogen (secondary N) is 1. The van der Waals surface area contributed by atoms with E-state index in [1.165, 1.54) is 0 Å². The average Bonchev–Trinajstić information content (AvgIpc) is 2.86. The normalized spacial score (nSPS) is 18.3. The van der Waals surface area contributed by atoms with Crippen molar-refractivity contribution in [3.8, 4) is 0 Å². The Bertz CT molecular complexity index is 527. The molecule has 1 saturated heterocycles. The summed E-state index contributed by atoms with van der Waals surface area (Å²) in [6.07, 6.45) is 0.550. The molecular weight excluding hydrogens is 260 g/mol. The molecule has 2 rings (SSSR count). The van der Waals surface area contributed by atoms with Crippen molar-refractivity contribution in [1.82, 2.24) is 0 Å². The number of hydrogen-bond donors (Lipinski definition) is 2. The number of carbonyl (C=O) groups excluding carboxylic acids is 1. The van der Waals surface area contributed by atoms with Gasteiger partial charge in [-0.3, -0.25) is 4.79 Å². The van der Waals surface area contributed by atoms with E-state index < -0.39 is 35.2 Å². The third kappa shape index (κ3) is 2.87. The van der Waals surface area contributed by atoms with Crippen molar-refractivity contribution in [2.45, 2.75) is 18.9 Å². The number of carboxylic acids is 1. The molecule has 0 unspecified atom stereocenters. The lowest BCUT2D eigenvalue weighted by Crippen LogP contribution is -2.27. The molecule has 1 aromatic carbocycles. The van der Waals surface area contributed by atoms with Gasteiger partial charge in [-0.05, 0) is 18.9 Å². The van der Waals surface area contributed by atoms with Gasteiger partial charge in [0.2, 0.25) is 0 Å². The van der Waals surface area contributed by atoms with E-state index in [1.807, 2.05) is 0 Å². The molecule has 7 heteroatoms. The zero-order valence-electron chi connectivity index (χ0n) is 9.78. The molecule has 1 aliphatic heterocycles. The van der Waals surface area contributed by atoms with Crippen LogP contribution in [0.1, 0.15) is 23.2 Å². The first-order valence-corrected chi connectivity index (χ1v) is 5.64. The predicted octanol–water partition coefficient (Wildman–Crippen LogP) is 1.78. The average molecular weight is 271 g/mol. The summed E-state index contributed by atoms with van der Waals surface area (Å²) in [6, 6.07) is 1.18. The molecule has 5 nitrogen and oxygen atoms in total. The van der Waals surface area contributed by atoms with Crippen molar-refractivity contribution in [2.75, 3.05) is 11.9 Å². The number of ether oxygens (including phenoxy) is 1. The highest BCUT2D eigenvalue weighted by atomic mass is 19.2. The summed E-state index contributed by atoms with van der Waals surface area (Å²) in [5.74, 6) is -4.53. The van der Waals surface area contributed by atoms with Crippen molar-refractivity contribution in [2.24, 2.45) is 0 Å². The quantitative estimate of drug-likeness (QED) is 0.878. The van der Waals surface area contributed by atoms with Gasteiger partial charge in [0.1, 0.15) is 6.10 Å². The van der Waals surface area contributed by atoms with Crippen molar-refractivity contribution in [1.29, 1.82) is 0 Å². The number of aromatic carboxylic acids is 1. The van der Waals surface area contributed by atoms with Gasteiger partial charge in [-0.15, -0.1) is 0 Å². The molecule has 1 aromatic rings. The monoisotopic (exact) mass is 271 g/mol. The maximum Gasteiger partial charge on any atom is 0.337 e. The van der Waals surface area contributed by atoms with Crippen molar-refractivity contribution in [3.63, 3.8) is 0 Å². The Kier molecular flexibility index (Phi) is 3.75. The molecule has 0 saturated carbocycles. The molecule has 2 N–H and O–H groups in total. The van der Waals surface area contributed by atoms with Crippen molar-refractivity contribution < 1.29 is 28.2 Å². The molecule has 1 aliphatic rings.